The zero-order valence-electron chi connectivity index (χ0n) is 12.0. The summed E-state index contributed by atoms with van der Waals surface area (Å²) in [5, 5.41) is 0. The summed E-state index contributed by atoms with van der Waals surface area (Å²) in [6.07, 6.45) is 1.48. The number of hydrogen-bond donors (Lipinski definition) is 1. The van der Waals surface area contributed by atoms with Crippen LogP contribution in [0.1, 0.15) is 18.9 Å². The highest BCUT2D eigenvalue weighted by atomic mass is 32.2. The first-order valence-corrected chi connectivity index (χ1v) is 8.85. The lowest BCUT2D eigenvalue weighted by atomic mass is 9.88. The van der Waals surface area contributed by atoms with E-state index in [-0.39, 0.29) is 11.7 Å². The third-order valence-corrected chi connectivity index (χ3v) is 6.10. The number of nitrogens with zero attached hydrogens (tertiary/aromatic N) is 1. The lowest BCUT2D eigenvalue weighted by molar-refractivity contribution is 0.203. The van der Waals surface area contributed by atoms with Crippen LogP contribution < -0.4 is 5.73 Å². The molecule has 1 aliphatic rings. The molecule has 0 amide bonds. The molecule has 2 rings (SSSR count). The molecule has 1 saturated heterocycles. The van der Waals surface area contributed by atoms with Crippen LogP contribution in [0.25, 0.3) is 0 Å². The fraction of sp³-hybridized carbons (Fsp3) is 0.600. The molecule has 2 atom stereocenters. The fourth-order valence-corrected chi connectivity index (χ4v) is 4.25. The third kappa shape index (κ3) is 3.81. The van der Waals surface area contributed by atoms with Crippen molar-refractivity contribution in [1.29, 1.82) is 0 Å². The molecule has 0 saturated carbocycles. The predicted molar refractivity (Wildman–Crippen MR) is 81.8 cm³/mol. The lowest BCUT2D eigenvalue weighted by Crippen LogP contribution is -2.46. The van der Waals surface area contributed by atoms with Crippen LogP contribution in [0, 0.1) is 11.8 Å². The molecule has 0 aliphatic carbocycles. The zero-order chi connectivity index (χ0) is 14.6. The van der Waals surface area contributed by atoms with Crippen molar-refractivity contribution in [3.8, 4) is 0 Å². The SMILES string of the molecule is CC1CCN(S(=O)(=O)CCc2ccccc2)CC1CN. The van der Waals surface area contributed by atoms with Gasteiger partial charge in [-0.2, -0.15) is 0 Å². The van der Waals surface area contributed by atoms with Crippen LogP contribution in [0.5, 0.6) is 0 Å². The Labute approximate surface area is 122 Å². The minimum atomic E-state index is -3.17. The third-order valence-electron chi connectivity index (χ3n) is 4.26. The van der Waals surface area contributed by atoms with Crippen molar-refractivity contribution in [1.82, 2.24) is 4.31 Å². The van der Waals surface area contributed by atoms with E-state index in [2.05, 4.69) is 6.92 Å². The molecule has 1 heterocycles. The molecule has 20 heavy (non-hydrogen) atoms. The smallest absolute Gasteiger partial charge is 0.214 e. The number of sulfonamides is 1. The number of rotatable bonds is 5. The Morgan fingerprint density at radius 2 is 2.00 bits per heavy atom. The van der Waals surface area contributed by atoms with Crippen molar-refractivity contribution in [2.75, 3.05) is 25.4 Å². The summed E-state index contributed by atoms with van der Waals surface area (Å²) in [4.78, 5) is 0. The summed E-state index contributed by atoms with van der Waals surface area (Å²) in [5.41, 5.74) is 6.81. The number of hydrogen-bond acceptors (Lipinski definition) is 3. The minimum absolute atomic E-state index is 0.183. The molecule has 2 unspecified atom stereocenters. The second-order valence-electron chi connectivity index (χ2n) is 5.67. The Morgan fingerprint density at radius 3 is 2.65 bits per heavy atom. The maximum Gasteiger partial charge on any atom is 0.214 e. The molecule has 4 nitrogen and oxygen atoms in total. The number of aryl methyl sites for hydroxylation is 1. The quantitative estimate of drug-likeness (QED) is 0.895. The van der Waals surface area contributed by atoms with Gasteiger partial charge in [0.05, 0.1) is 5.75 Å². The standard InChI is InChI=1S/C15H24N2O2S/c1-13-7-9-17(12-15(13)11-16)20(18,19)10-8-14-5-3-2-4-6-14/h2-6,13,15H,7-12,16H2,1H3. The summed E-state index contributed by atoms with van der Waals surface area (Å²) >= 11 is 0. The molecular formula is C15H24N2O2S. The van der Waals surface area contributed by atoms with Gasteiger partial charge in [-0.3, -0.25) is 0 Å². The Balaban J connectivity index is 1.96. The zero-order valence-corrected chi connectivity index (χ0v) is 12.8. The molecule has 1 aromatic rings. The summed E-state index contributed by atoms with van der Waals surface area (Å²) in [7, 11) is -3.17. The minimum Gasteiger partial charge on any atom is -0.330 e. The largest absolute Gasteiger partial charge is 0.330 e. The highest BCUT2D eigenvalue weighted by Crippen LogP contribution is 2.24. The van der Waals surface area contributed by atoms with Gasteiger partial charge in [-0.25, -0.2) is 12.7 Å². The Kier molecular flexibility index (Phi) is 5.18. The summed E-state index contributed by atoms with van der Waals surface area (Å²) < 4.78 is 26.5. The topological polar surface area (TPSA) is 63.4 Å². The van der Waals surface area contributed by atoms with E-state index in [1.807, 2.05) is 30.3 Å². The molecule has 0 spiro atoms. The van der Waals surface area contributed by atoms with E-state index in [0.29, 0.717) is 32.0 Å². The Bertz CT molecular complexity index is 516. The lowest BCUT2D eigenvalue weighted by Gasteiger charge is -2.35. The van der Waals surface area contributed by atoms with Gasteiger partial charge < -0.3 is 5.73 Å². The van der Waals surface area contributed by atoms with Crippen LogP contribution >= 0.6 is 0 Å². The van der Waals surface area contributed by atoms with Gasteiger partial charge >= 0.3 is 0 Å². The monoisotopic (exact) mass is 296 g/mol. The Hall–Kier alpha value is -0.910. The predicted octanol–water partition coefficient (Wildman–Crippen LogP) is 1.48. The molecule has 1 aromatic carbocycles. The van der Waals surface area contributed by atoms with Crippen molar-refractivity contribution in [2.45, 2.75) is 19.8 Å². The van der Waals surface area contributed by atoms with Gasteiger partial charge in [0, 0.05) is 13.1 Å². The van der Waals surface area contributed by atoms with E-state index in [4.69, 9.17) is 5.73 Å². The van der Waals surface area contributed by atoms with Crippen molar-refractivity contribution in [3.05, 3.63) is 35.9 Å². The van der Waals surface area contributed by atoms with Gasteiger partial charge in [-0.1, -0.05) is 37.3 Å². The van der Waals surface area contributed by atoms with E-state index in [1.165, 1.54) is 0 Å². The maximum atomic E-state index is 12.4. The van der Waals surface area contributed by atoms with Crippen LogP contribution in [0.2, 0.25) is 0 Å². The number of piperidine rings is 1. The second-order valence-corrected chi connectivity index (χ2v) is 7.76. The normalized spacial score (nSPS) is 24.7. The van der Waals surface area contributed by atoms with Gasteiger partial charge in [0.1, 0.15) is 0 Å². The first-order valence-electron chi connectivity index (χ1n) is 7.24. The van der Waals surface area contributed by atoms with Crippen molar-refractivity contribution < 1.29 is 8.42 Å². The molecule has 1 aliphatic heterocycles. The molecule has 1 fully saturated rings. The van der Waals surface area contributed by atoms with Crippen LogP contribution in [0.4, 0.5) is 0 Å². The summed E-state index contributed by atoms with van der Waals surface area (Å²) in [6, 6.07) is 9.76. The van der Waals surface area contributed by atoms with Crippen LogP contribution in [-0.2, 0) is 16.4 Å². The molecule has 0 radical (unpaired) electrons. The number of benzene rings is 1. The van der Waals surface area contributed by atoms with E-state index in [9.17, 15) is 8.42 Å². The second kappa shape index (κ2) is 6.70. The molecule has 2 N–H and O–H groups in total. The van der Waals surface area contributed by atoms with Crippen molar-refractivity contribution >= 4 is 10.0 Å². The average molecular weight is 296 g/mol. The molecular weight excluding hydrogens is 272 g/mol. The molecule has 0 bridgehead atoms. The van der Waals surface area contributed by atoms with Gasteiger partial charge in [0.2, 0.25) is 10.0 Å². The number of nitrogens with two attached hydrogens (primary N) is 1. The Morgan fingerprint density at radius 1 is 1.30 bits per heavy atom. The molecule has 0 aromatic heterocycles. The maximum absolute atomic E-state index is 12.4. The highest BCUT2D eigenvalue weighted by Gasteiger charge is 2.31. The van der Waals surface area contributed by atoms with Crippen molar-refractivity contribution in [3.63, 3.8) is 0 Å². The molecule has 5 heteroatoms. The van der Waals surface area contributed by atoms with Gasteiger partial charge in [0.25, 0.3) is 0 Å². The fourth-order valence-electron chi connectivity index (χ4n) is 2.70. The van der Waals surface area contributed by atoms with Gasteiger partial charge in [-0.15, -0.1) is 0 Å². The summed E-state index contributed by atoms with van der Waals surface area (Å²) in [5.74, 6) is 0.985. The van der Waals surface area contributed by atoms with Crippen molar-refractivity contribution in [2.24, 2.45) is 17.6 Å². The van der Waals surface area contributed by atoms with E-state index in [1.54, 1.807) is 4.31 Å². The molecule has 112 valence electrons. The highest BCUT2D eigenvalue weighted by molar-refractivity contribution is 7.89. The van der Waals surface area contributed by atoms with Crippen LogP contribution in [-0.4, -0.2) is 38.1 Å². The van der Waals surface area contributed by atoms with E-state index in [0.717, 1.165) is 12.0 Å². The first-order chi connectivity index (χ1) is 9.53. The average Bonchev–Trinajstić information content (AvgIpc) is 2.46. The van der Waals surface area contributed by atoms with E-state index >= 15 is 0 Å². The summed E-state index contributed by atoms with van der Waals surface area (Å²) in [6.45, 7) is 3.93. The van der Waals surface area contributed by atoms with Crippen LogP contribution in [0.3, 0.4) is 0 Å². The first kappa shape index (κ1) is 15.5. The van der Waals surface area contributed by atoms with Crippen LogP contribution in [0.15, 0.2) is 30.3 Å². The van der Waals surface area contributed by atoms with Gasteiger partial charge in [-0.05, 0) is 36.8 Å². The van der Waals surface area contributed by atoms with Gasteiger partial charge in [0.15, 0.2) is 0 Å². The van der Waals surface area contributed by atoms with E-state index < -0.39 is 10.0 Å².